The van der Waals surface area contributed by atoms with Gasteiger partial charge >= 0.3 is 0 Å². The molecule has 0 aromatic carbocycles. The molecule has 0 amide bonds. The number of rotatable bonds is 2. The maximum absolute atomic E-state index is 6.07. The number of thiophene rings is 1. The molecule has 4 aromatic rings. The predicted octanol–water partition coefficient (Wildman–Crippen LogP) is 4.83. The molecule has 4 aromatic heterocycles. The smallest absolute Gasteiger partial charge is 0.155 e. The van der Waals surface area contributed by atoms with Crippen LogP contribution in [0.15, 0.2) is 48.8 Å². The van der Waals surface area contributed by atoms with Crippen LogP contribution in [0, 0.1) is 0 Å². The molecule has 0 saturated heterocycles. The Labute approximate surface area is 140 Å². The van der Waals surface area contributed by atoms with E-state index in [1.54, 1.807) is 23.0 Å². The highest BCUT2D eigenvalue weighted by molar-refractivity contribution is 7.19. The van der Waals surface area contributed by atoms with Crippen LogP contribution in [-0.4, -0.2) is 19.6 Å². The zero-order valence-electron chi connectivity index (χ0n) is 11.1. The fourth-order valence-electron chi connectivity index (χ4n) is 2.29. The summed E-state index contributed by atoms with van der Waals surface area (Å²) in [4.78, 5) is 9.74. The van der Waals surface area contributed by atoms with Gasteiger partial charge < -0.3 is 0 Å². The molecular weight excluding hydrogens is 339 g/mol. The van der Waals surface area contributed by atoms with Gasteiger partial charge in [-0.05, 0) is 36.4 Å². The normalized spacial score (nSPS) is 11.2. The van der Waals surface area contributed by atoms with Crippen molar-refractivity contribution in [1.82, 2.24) is 19.6 Å². The van der Waals surface area contributed by atoms with Gasteiger partial charge in [-0.1, -0.05) is 23.2 Å². The third kappa shape index (κ3) is 2.27. The van der Waals surface area contributed by atoms with Crippen molar-refractivity contribution < 1.29 is 0 Å². The largest absolute Gasteiger partial charge is 0.265 e. The quantitative estimate of drug-likeness (QED) is 0.522. The second kappa shape index (κ2) is 5.35. The third-order valence-electron chi connectivity index (χ3n) is 3.21. The van der Waals surface area contributed by atoms with Crippen molar-refractivity contribution in [2.45, 2.75) is 0 Å². The maximum atomic E-state index is 6.07. The summed E-state index contributed by atoms with van der Waals surface area (Å²) in [5, 5.41) is 4.79. The number of hydrogen-bond donors (Lipinski definition) is 0. The first kappa shape index (κ1) is 13.7. The molecular formula is C15H8Cl2N4S. The van der Waals surface area contributed by atoms with Crippen molar-refractivity contribution in [3.05, 3.63) is 58.3 Å². The lowest BCUT2D eigenvalue weighted by atomic mass is 10.1. The van der Waals surface area contributed by atoms with Crippen LogP contribution in [0.1, 0.15) is 0 Å². The maximum Gasteiger partial charge on any atom is 0.155 e. The average Bonchev–Trinajstić information content (AvgIpc) is 3.11. The van der Waals surface area contributed by atoms with Gasteiger partial charge in [0.1, 0.15) is 16.5 Å². The molecule has 4 rings (SSSR count). The first-order valence-electron chi connectivity index (χ1n) is 6.44. The van der Waals surface area contributed by atoms with Gasteiger partial charge in [0.05, 0.1) is 9.21 Å². The van der Waals surface area contributed by atoms with Gasteiger partial charge in [0, 0.05) is 18.0 Å². The summed E-state index contributed by atoms with van der Waals surface area (Å²) in [5.41, 5.74) is 3.41. The Balaban J connectivity index is 2.08. The molecule has 108 valence electrons. The molecule has 0 saturated carbocycles. The van der Waals surface area contributed by atoms with E-state index in [1.165, 1.54) is 11.3 Å². The van der Waals surface area contributed by atoms with Gasteiger partial charge in [0.25, 0.3) is 0 Å². The second-order valence-electron chi connectivity index (χ2n) is 4.57. The van der Waals surface area contributed by atoms with Crippen LogP contribution in [0.5, 0.6) is 0 Å². The highest BCUT2D eigenvalue weighted by Gasteiger charge is 2.18. The minimum atomic E-state index is 0.413. The molecule has 22 heavy (non-hydrogen) atoms. The van der Waals surface area contributed by atoms with Gasteiger partial charge in [-0.3, -0.25) is 4.98 Å². The number of hydrogen-bond acceptors (Lipinski definition) is 4. The Kier molecular flexibility index (Phi) is 3.33. The summed E-state index contributed by atoms with van der Waals surface area (Å²) in [7, 11) is 0. The van der Waals surface area contributed by atoms with Crippen molar-refractivity contribution in [3.8, 4) is 21.8 Å². The summed E-state index contributed by atoms with van der Waals surface area (Å²) in [6, 6.07) is 11.2. The molecule has 0 N–H and O–H groups in total. The van der Waals surface area contributed by atoms with Crippen molar-refractivity contribution in [2.24, 2.45) is 0 Å². The average molecular weight is 347 g/mol. The first-order chi connectivity index (χ1) is 10.7. The van der Waals surface area contributed by atoms with Crippen LogP contribution in [-0.2, 0) is 0 Å². The molecule has 0 aliphatic heterocycles. The van der Waals surface area contributed by atoms with Gasteiger partial charge in [-0.2, -0.15) is 5.10 Å². The van der Waals surface area contributed by atoms with E-state index >= 15 is 0 Å². The molecule has 0 radical (unpaired) electrons. The van der Waals surface area contributed by atoms with Crippen LogP contribution in [0.4, 0.5) is 0 Å². The summed E-state index contributed by atoms with van der Waals surface area (Å²) in [6.45, 7) is 0. The lowest BCUT2D eigenvalue weighted by Gasteiger charge is -2.03. The molecule has 0 atom stereocenters. The molecule has 0 unspecified atom stereocenters. The van der Waals surface area contributed by atoms with E-state index in [1.807, 2.05) is 30.3 Å². The lowest BCUT2D eigenvalue weighted by Crippen LogP contribution is -1.94. The third-order valence-corrected chi connectivity index (χ3v) is 4.64. The Morgan fingerprint density at radius 2 is 1.77 bits per heavy atom. The topological polar surface area (TPSA) is 43.1 Å². The summed E-state index contributed by atoms with van der Waals surface area (Å²) >= 11 is 13.6. The van der Waals surface area contributed by atoms with Crippen LogP contribution in [0.25, 0.3) is 27.5 Å². The Bertz CT molecular complexity index is 962. The molecule has 4 heterocycles. The monoisotopic (exact) mass is 346 g/mol. The minimum Gasteiger partial charge on any atom is -0.265 e. The first-order valence-corrected chi connectivity index (χ1v) is 8.01. The molecule has 0 bridgehead atoms. The molecule has 0 fully saturated rings. The van der Waals surface area contributed by atoms with E-state index in [4.69, 9.17) is 23.2 Å². The van der Waals surface area contributed by atoms with E-state index in [0.29, 0.717) is 5.15 Å². The second-order valence-corrected chi connectivity index (χ2v) is 6.68. The Hall–Kier alpha value is -1.95. The number of aromatic nitrogens is 4. The van der Waals surface area contributed by atoms with E-state index in [2.05, 4.69) is 15.1 Å². The van der Waals surface area contributed by atoms with Crippen molar-refractivity contribution >= 4 is 40.2 Å². The van der Waals surface area contributed by atoms with E-state index in [-0.39, 0.29) is 0 Å². The van der Waals surface area contributed by atoms with Gasteiger partial charge in [0.2, 0.25) is 0 Å². The van der Waals surface area contributed by atoms with Crippen LogP contribution in [0.3, 0.4) is 0 Å². The SMILES string of the molecule is Clc1ccc2nc(-c3ccc(Cl)s3)c(-c3ccncc3)n2n1. The standard InChI is InChI=1S/C15H8Cl2N4S/c16-11-2-4-13-19-14(10-1-3-12(17)22-10)15(21(13)20-11)9-5-7-18-8-6-9/h1-8H. The number of nitrogens with zero attached hydrogens (tertiary/aromatic N) is 4. The Morgan fingerprint density at radius 1 is 0.955 bits per heavy atom. The summed E-state index contributed by atoms with van der Waals surface area (Å²) < 4.78 is 2.47. The molecule has 4 nitrogen and oxygen atoms in total. The van der Waals surface area contributed by atoms with Gasteiger partial charge in [-0.25, -0.2) is 9.50 Å². The zero-order valence-corrected chi connectivity index (χ0v) is 13.4. The van der Waals surface area contributed by atoms with E-state index < -0.39 is 0 Å². The lowest BCUT2D eigenvalue weighted by molar-refractivity contribution is 0.943. The Morgan fingerprint density at radius 3 is 2.50 bits per heavy atom. The molecule has 0 aliphatic rings. The minimum absolute atomic E-state index is 0.413. The van der Waals surface area contributed by atoms with Crippen LogP contribution in [0.2, 0.25) is 9.49 Å². The highest BCUT2D eigenvalue weighted by Crippen LogP contribution is 2.37. The van der Waals surface area contributed by atoms with Gasteiger partial charge in [-0.15, -0.1) is 11.3 Å². The van der Waals surface area contributed by atoms with Crippen molar-refractivity contribution in [1.29, 1.82) is 0 Å². The van der Waals surface area contributed by atoms with Crippen LogP contribution >= 0.6 is 34.5 Å². The van der Waals surface area contributed by atoms with Gasteiger partial charge in [0.15, 0.2) is 5.65 Å². The van der Waals surface area contributed by atoms with E-state index in [0.717, 1.165) is 31.8 Å². The van der Waals surface area contributed by atoms with Crippen molar-refractivity contribution in [2.75, 3.05) is 0 Å². The van der Waals surface area contributed by atoms with Crippen molar-refractivity contribution in [3.63, 3.8) is 0 Å². The predicted molar refractivity (Wildman–Crippen MR) is 89.6 cm³/mol. The number of fused-ring (bicyclic) bond motifs is 1. The van der Waals surface area contributed by atoms with Crippen LogP contribution < -0.4 is 0 Å². The number of imidazole rings is 1. The number of halogens is 2. The zero-order chi connectivity index (χ0) is 15.1. The molecule has 7 heteroatoms. The fourth-order valence-corrected chi connectivity index (χ4v) is 3.47. The summed E-state index contributed by atoms with van der Waals surface area (Å²) in [5.74, 6) is 0. The van der Waals surface area contributed by atoms with E-state index in [9.17, 15) is 0 Å². The summed E-state index contributed by atoms with van der Waals surface area (Å²) in [6.07, 6.45) is 3.48. The fraction of sp³-hybridized carbons (Fsp3) is 0. The molecule has 0 spiro atoms. The highest BCUT2D eigenvalue weighted by atomic mass is 35.5. The molecule has 0 aliphatic carbocycles. The number of pyridine rings is 1.